The van der Waals surface area contributed by atoms with Gasteiger partial charge in [-0.3, -0.25) is 9.59 Å². The molecule has 6 heteroatoms. The van der Waals surface area contributed by atoms with Crippen LogP contribution in [0.3, 0.4) is 0 Å². The number of nitrogens with one attached hydrogen (secondary N) is 2. The predicted octanol–water partition coefficient (Wildman–Crippen LogP) is 4.45. The third-order valence-corrected chi connectivity index (χ3v) is 6.25. The number of carbonyl (C=O) groups excluding carboxylic acids is 2. The Morgan fingerprint density at radius 3 is 2.00 bits per heavy atom. The van der Waals surface area contributed by atoms with Crippen molar-refractivity contribution in [2.24, 2.45) is 23.5 Å². The molecule has 2 aliphatic carbocycles. The Balaban J connectivity index is 0.00000240. The largest absolute Gasteiger partial charge is 0.327 e. The number of para-hydroxylation sites is 2. The van der Waals surface area contributed by atoms with Crippen molar-refractivity contribution in [1.29, 1.82) is 0 Å². The zero-order chi connectivity index (χ0) is 19.5. The van der Waals surface area contributed by atoms with Gasteiger partial charge in [-0.1, -0.05) is 36.8 Å². The van der Waals surface area contributed by atoms with E-state index in [4.69, 9.17) is 5.73 Å². The van der Waals surface area contributed by atoms with Crippen LogP contribution in [-0.2, 0) is 4.79 Å². The van der Waals surface area contributed by atoms with Crippen LogP contribution in [0.25, 0.3) is 0 Å². The van der Waals surface area contributed by atoms with Crippen LogP contribution in [0.5, 0.6) is 0 Å². The third-order valence-electron chi connectivity index (χ3n) is 6.25. The van der Waals surface area contributed by atoms with E-state index < -0.39 is 0 Å². The third kappa shape index (κ3) is 4.80. The maximum absolute atomic E-state index is 12.9. The molecule has 0 heterocycles. The first kappa shape index (κ1) is 21.3. The van der Waals surface area contributed by atoms with Gasteiger partial charge in [-0.15, -0.1) is 12.4 Å². The Kier molecular flexibility index (Phi) is 6.93. The van der Waals surface area contributed by atoms with Crippen LogP contribution >= 0.6 is 12.4 Å². The molecule has 0 spiro atoms. The summed E-state index contributed by atoms with van der Waals surface area (Å²) in [7, 11) is 0. The predicted molar refractivity (Wildman–Crippen MR) is 118 cm³/mol. The van der Waals surface area contributed by atoms with Crippen LogP contribution < -0.4 is 16.4 Å². The molecule has 4 N–H and O–H groups in total. The monoisotopic (exact) mass is 413 g/mol. The van der Waals surface area contributed by atoms with Crippen molar-refractivity contribution in [2.75, 3.05) is 10.6 Å². The molecule has 4 rings (SSSR count). The molecule has 2 bridgehead atoms. The van der Waals surface area contributed by atoms with E-state index in [1.54, 1.807) is 12.1 Å². The second kappa shape index (κ2) is 9.42. The lowest BCUT2D eigenvalue weighted by Gasteiger charge is -2.43. The van der Waals surface area contributed by atoms with Gasteiger partial charge in [-0.2, -0.15) is 0 Å². The Morgan fingerprint density at radius 2 is 1.38 bits per heavy atom. The molecule has 2 unspecified atom stereocenters. The van der Waals surface area contributed by atoms with Gasteiger partial charge in [0.15, 0.2) is 0 Å². The van der Waals surface area contributed by atoms with Crippen LogP contribution in [0.4, 0.5) is 11.4 Å². The average Bonchev–Trinajstić information content (AvgIpc) is 2.70. The van der Waals surface area contributed by atoms with Gasteiger partial charge in [-0.25, -0.2) is 0 Å². The SMILES string of the molecule is Cl.NC1C2CCCC1CC(C(=O)Nc1ccccc1NC(=O)c1ccccc1)C2. The number of hydrogen-bond donors (Lipinski definition) is 3. The summed E-state index contributed by atoms with van der Waals surface area (Å²) in [6.45, 7) is 0. The van der Waals surface area contributed by atoms with Crippen LogP contribution in [0.1, 0.15) is 42.5 Å². The molecule has 2 atom stereocenters. The van der Waals surface area contributed by atoms with Gasteiger partial charge in [0.2, 0.25) is 5.91 Å². The minimum absolute atomic E-state index is 0. The quantitative estimate of drug-likeness (QED) is 0.692. The summed E-state index contributed by atoms with van der Waals surface area (Å²) in [5.41, 5.74) is 8.18. The van der Waals surface area contributed by atoms with Crippen molar-refractivity contribution in [3.63, 3.8) is 0 Å². The highest BCUT2D eigenvalue weighted by molar-refractivity contribution is 6.07. The average molecular weight is 414 g/mol. The van der Waals surface area contributed by atoms with E-state index in [1.807, 2.05) is 42.5 Å². The summed E-state index contributed by atoms with van der Waals surface area (Å²) in [5, 5.41) is 5.96. The fourth-order valence-corrected chi connectivity index (χ4v) is 4.72. The molecule has 2 aromatic rings. The number of anilines is 2. The van der Waals surface area contributed by atoms with E-state index in [2.05, 4.69) is 10.6 Å². The van der Waals surface area contributed by atoms with Crippen molar-refractivity contribution in [3.8, 4) is 0 Å². The summed E-state index contributed by atoms with van der Waals surface area (Å²) in [4.78, 5) is 25.4. The summed E-state index contributed by atoms with van der Waals surface area (Å²) < 4.78 is 0. The van der Waals surface area contributed by atoms with Crippen molar-refractivity contribution >= 4 is 35.6 Å². The van der Waals surface area contributed by atoms with Gasteiger partial charge in [0.05, 0.1) is 11.4 Å². The molecule has 2 fully saturated rings. The molecule has 5 nitrogen and oxygen atoms in total. The molecule has 29 heavy (non-hydrogen) atoms. The van der Waals surface area contributed by atoms with Gasteiger partial charge < -0.3 is 16.4 Å². The van der Waals surface area contributed by atoms with Gasteiger partial charge in [0.1, 0.15) is 0 Å². The van der Waals surface area contributed by atoms with Crippen molar-refractivity contribution in [2.45, 2.75) is 38.1 Å². The second-order valence-corrected chi connectivity index (χ2v) is 8.05. The second-order valence-electron chi connectivity index (χ2n) is 8.05. The highest BCUT2D eigenvalue weighted by Crippen LogP contribution is 2.42. The molecule has 2 amide bonds. The Morgan fingerprint density at radius 1 is 0.828 bits per heavy atom. The number of carbonyl (C=O) groups is 2. The first-order valence-electron chi connectivity index (χ1n) is 10.1. The number of hydrogen-bond acceptors (Lipinski definition) is 3. The molecule has 0 aliphatic heterocycles. The van der Waals surface area contributed by atoms with E-state index in [0.717, 1.165) is 25.7 Å². The fraction of sp³-hybridized carbons (Fsp3) is 0.391. The van der Waals surface area contributed by atoms with E-state index in [1.165, 1.54) is 6.42 Å². The van der Waals surface area contributed by atoms with Gasteiger partial charge >= 0.3 is 0 Å². The number of rotatable bonds is 4. The van der Waals surface area contributed by atoms with Crippen molar-refractivity contribution < 1.29 is 9.59 Å². The van der Waals surface area contributed by atoms with Crippen LogP contribution in [0.15, 0.2) is 54.6 Å². The lowest BCUT2D eigenvalue weighted by atomic mass is 9.65. The minimum atomic E-state index is -0.194. The van der Waals surface area contributed by atoms with Crippen molar-refractivity contribution in [3.05, 3.63) is 60.2 Å². The highest BCUT2D eigenvalue weighted by Gasteiger charge is 2.40. The molecular weight excluding hydrogens is 386 g/mol. The standard InChI is InChI=1S/C23H27N3O2.ClH/c24-21-16-9-6-10-17(21)14-18(13-16)23(28)26-20-12-5-4-11-19(20)25-22(27)15-7-2-1-3-8-15;/h1-5,7-8,11-12,16-18,21H,6,9-10,13-14,24H2,(H,25,27)(H,26,28);1H. The first-order valence-corrected chi connectivity index (χ1v) is 10.1. The van der Waals surface area contributed by atoms with Crippen LogP contribution in [-0.4, -0.2) is 17.9 Å². The zero-order valence-electron chi connectivity index (χ0n) is 16.3. The number of nitrogens with two attached hydrogens (primary N) is 1. The molecule has 0 saturated heterocycles. The number of halogens is 1. The van der Waals surface area contributed by atoms with E-state index in [9.17, 15) is 9.59 Å². The summed E-state index contributed by atoms with van der Waals surface area (Å²) in [5.74, 6) is 0.742. The van der Waals surface area contributed by atoms with Gasteiger partial charge in [0, 0.05) is 17.5 Å². The smallest absolute Gasteiger partial charge is 0.255 e. The first-order chi connectivity index (χ1) is 13.6. The Hall–Kier alpha value is -2.37. The maximum atomic E-state index is 12.9. The summed E-state index contributed by atoms with van der Waals surface area (Å²) >= 11 is 0. The normalized spacial score (nSPS) is 25.4. The van der Waals surface area contributed by atoms with Crippen LogP contribution in [0.2, 0.25) is 0 Å². The Labute approximate surface area is 177 Å². The summed E-state index contributed by atoms with van der Waals surface area (Å²) in [6, 6.07) is 16.6. The number of amides is 2. The van der Waals surface area contributed by atoms with E-state index in [-0.39, 0.29) is 36.2 Å². The topological polar surface area (TPSA) is 84.2 Å². The minimum Gasteiger partial charge on any atom is -0.327 e. The fourth-order valence-electron chi connectivity index (χ4n) is 4.72. The number of fused-ring (bicyclic) bond motifs is 2. The molecule has 2 aliphatic rings. The summed E-state index contributed by atoms with van der Waals surface area (Å²) in [6.07, 6.45) is 5.21. The molecule has 2 saturated carbocycles. The molecule has 154 valence electrons. The zero-order valence-corrected chi connectivity index (χ0v) is 17.2. The van der Waals surface area contributed by atoms with E-state index >= 15 is 0 Å². The van der Waals surface area contributed by atoms with Gasteiger partial charge in [0.25, 0.3) is 5.91 Å². The van der Waals surface area contributed by atoms with Crippen molar-refractivity contribution in [1.82, 2.24) is 0 Å². The molecule has 0 aromatic heterocycles. The maximum Gasteiger partial charge on any atom is 0.255 e. The molecular formula is C23H28ClN3O2. The highest BCUT2D eigenvalue weighted by atomic mass is 35.5. The lowest BCUT2D eigenvalue weighted by molar-refractivity contribution is -0.122. The van der Waals surface area contributed by atoms with E-state index in [0.29, 0.717) is 28.8 Å². The molecule has 2 aromatic carbocycles. The lowest BCUT2D eigenvalue weighted by Crippen LogP contribution is -2.48. The number of benzene rings is 2. The van der Waals surface area contributed by atoms with Gasteiger partial charge in [-0.05, 0) is 61.8 Å². The van der Waals surface area contributed by atoms with Crippen LogP contribution in [0, 0.1) is 17.8 Å². The Bertz CT molecular complexity index is 844. The molecule has 0 radical (unpaired) electrons.